The molecular formula is C12H13ClOS. The summed E-state index contributed by atoms with van der Waals surface area (Å²) < 4.78 is 0. The van der Waals surface area contributed by atoms with Gasteiger partial charge in [-0.15, -0.1) is 0 Å². The van der Waals surface area contributed by atoms with E-state index >= 15 is 0 Å². The number of thioether (sulfide) groups is 1. The molecule has 1 aromatic carbocycles. The van der Waals surface area contributed by atoms with Crippen molar-refractivity contribution >= 4 is 34.6 Å². The van der Waals surface area contributed by atoms with Gasteiger partial charge in [0.15, 0.2) is 5.12 Å². The van der Waals surface area contributed by atoms with Crippen LogP contribution in [0.5, 0.6) is 0 Å². The van der Waals surface area contributed by atoms with Crippen molar-refractivity contribution in [2.45, 2.75) is 13.8 Å². The Labute approximate surface area is 99.5 Å². The molecule has 0 atom stereocenters. The van der Waals surface area contributed by atoms with Crippen LogP contribution in [0.4, 0.5) is 0 Å². The number of hydrogen-bond acceptors (Lipinski definition) is 2. The molecule has 1 rings (SSSR count). The molecule has 0 unspecified atom stereocenters. The maximum atomic E-state index is 10.7. The number of hydrogen-bond donors (Lipinski definition) is 0. The van der Waals surface area contributed by atoms with E-state index in [0.717, 1.165) is 16.1 Å². The van der Waals surface area contributed by atoms with Crippen LogP contribution in [0, 0.1) is 6.92 Å². The summed E-state index contributed by atoms with van der Waals surface area (Å²) in [6.07, 6.45) is 3.94. The van der Waals surface area contributed by atoms with E-state index in [-0.39, 0.29) is 5.12 Å². The van der Waals surface area contributed by atoms with Gasteiger partial charge < -0.3 is 0 Å². The minimum absolute atomic E-state index is 0.140. The maximum absolute atomic E-state index is 10.7. The smallest absolute Gasteiger partial charge is 0.186 e. The number of carbonyl (C=O) groups excluding carboxylic acids is 1. The summed E-state index contributed by atoms with van der Waals surface area (Å²) in [5.41, 5.74) is 2.14. The SMILES string of the molecule is CC(=O)SCC=Cc1ccc(C)c(Cl)c1. The summed E-state index contributed by atoms with van der Waals surface area (Å²) in [7, 11) is 0. The van der Waals surface area contributed by atoms with E-state index in [2.05, 4.69) is 0 Å². The minimum Gasteiger partial charge on any atom is -0.288 e. The standard InChI is InChI=1S/C12H13ClOS/c1-9-5-6-11(8-12(9)13)4-3-7-15-10(2)14/h3-6,8H,7H2,1-2H3. The molecule has 0 fully saturated rings. The molecule has 0 aliphatic rings. The van der Waals surface area contributed by atoms with Gasteiger partial charge in [-0.2, -0.15) is 0 Å². The molecule has 0 aliphatic carbocycles. The maximum Gasteiger partial charge on any atom is 0.186 e. The van der Waals surface area contributed by atoms with E-state index in [9.17, 15) is 4.79 Å². The van der Waals surface area contributed by atoms with Crippen LogP contribution >= 0.6 is 23.4 Å². The fourth-order valence-corrected chi connectivity index (χ4v) is 1.68. The van der Waals surface area contributed by atoms with Crippen molar-refractivity contribution in [3.05, 3.63) is 40.4 Å². The van der Waals surface area contributed by atoms with Gasteiger partial charge in [-0.1, -0.05) is 47.6 Å². The quantitative estimate of drug-likeness (QED) is 0.796. The second-order valence-electron chi connectivity index (χ2n) is 3.21. The van der Waals surface area contributed by atoms with E-state index in [1.807, 2.05) is 37.3 Å². The second kappa shape index (κ2) is 5.99. The van der Waals surface area contributed by atoms with Gasteiger partial charge in [0.1, 0.15) is 0 Å². The summed E-state index contributed by atoms with van der Waals surface area (Å²) >= 11 is 7.28. The zero-order valence-electron chi connectivity index (χ0n) is 8.79. The third-order valence-electron chi connectivity index (χ3n) is 1.89. The molecule has 0 heterocycles. The molecular weight excluding hydrogens is 228 g/mol. The normalized spacial score (nSPS) is 10.9. The highest BCUT2D eigenvalue weighted by molar-refractivity contribution is 8.13. The molecule has 1 aromatic rings. The van der Waals surface area contributed by atoms with Crippen LogP contribution in [0.25, 0.3) is 6.08 Å². The molecule has 0 bridgehead atoms. The summed E-state index contributed by atoms with van der Waals surface area (Å²) in [6, 6.07) is 5.92. The molecule has 0 radical (unpaired) electrons. The van der Waals surface area contributed by atoms with Gasteiger partial charge in [0.2, 0.25) is 0 Å². The van der Waals surface area contributed by atoms with E-state index in [0.29, 0.717) is 5.75 Å². The lowest BCUT2D eigenvalue weighted by molar-refractivity contribution is -0.109. The highest BCUT2D eigenvalue weighted by atomic mass is 35.5. The van der Waals surface area contributed by atoms with Gasteiger partial charge in [-0.05, 0) is 24.1 Å². The van der Waals surface area contributed by atoms with Gasteiger partial charge >= 0.3 is 0 Å². The molecule has 1 nitrogen and oxygen atoms in total. The Morgan fingerprint density at radius 3 is 2.87 bits per heavy atom. The van der Waals surface area contributed by atoms with Crippen LogP contribution in [0.15, 0.2) is 24.3 Å². The highest BCUT2D eigenvalue weighted by Crippen LogP contribution is 2.17. The van der Waals surface area contributed by atoms with E-state index in [4.69, 9.17) is 11.6 Å². The summed E-state index contributed by atoms with van der Waals surface area (Å²) in [5.74, 6) is 0.709. The van der Waals surface area contributed by atoms with Crippen molar-refractivity contribution in [3.63, 3.8) is 0 Å². The lowest BCUT2D eigenvalue weighted by Crippen LogP contribution is -1.82. The topological polar surface area (TPSA) is 17.1 Å². The molecule has 15 heavy (non-hydrogen) atoms. The average molecular weight is 241 g/mol. The highest BCUT2D eigenvalue weighted by Gasteiger charge is 1.94. The summed E-state index contributed by atoms with van der Waals surface area (Å²) in [5, 5.41) is 0.915. The van der Waals surface area contributed by atoms with E-state index < -0.39 is 0 Å². The number of benzene rings is 1. The predicted octanol–water partition coefficient (Wildman–Crippen LogP) is 3.94. The summed E-state index contributed by atoms with van der Waals surface area (Å²) in [6.45, 7) is 3.54. The van der Waals surface area contributed by atoms with Crippen LogP contribution in [-0.4, -0.2) is 10.9 Å². The Kier molecular flexibility index (Phi) is 4.92. The van der Waals surface area contributed by atoms with Gasteiger partial charge in [0, 0.05) is 17.7 Å². The Morgan fingerprint density at radius 2 is 2.27 bits per heavy atom. The molecule has 0 saturated heterocycles. The van der Waals surface area contributed by atoms with Crippen molar-refractivity contribution in [2.24, 2.45) is 0 Å². The molecule has 0 aliphatic heterocycles. The molecule has 80 valence electrons. The third-order valence-corrected chi connectivity index (χ3v) is 3.06. The minimum atomic E-state index is 0.140. The van der Waals surface area contributed by atoms with Gasteiger partial charge in [-0.3, -0.25) is 4.79 Å². The van der Waals surface area contributed by atoms with Gasteiger partial charge in [-0.25, -0.2) is 0 Å². The zero-order valence-corrected chi connectivity index (χ0v) is 10.4. The second-order valence-corrected chi connectivity index (χ2v) is 4.82. The lowest BCUT2D eigenvalue weighted by Gasteiger charge is -1.98. The first-order chi connectivity index (χ1) is 7.09. The van der Waals surface area contributed by atoms with Crippen LogP contribution in [0.2, 0.25) is 5.02 Å². The van der Waals surface area contributed by atoms with Gasteiger partial charge in [0.05, 0.1) is 0 Å². The predicted molar refractivity (Wildman–Crippen MR) is 68.4 cm³/mol. The molecule has 0 N–H and O–H groups in total. The van der Waals surface area contributed by atoms with E-state index in [1.165, 1.54) is 11.8 Å². The number of carbonyl (C=O) groups is 1. The number of aryl methyl sites for hydroxylation is 1. The molecule has 0 amide bonds. The van der Waals surface area contributed by atoms with Crippen molar-refractivity contribution in [2.75, 3.05) is 5.75 Å². The molecule has 0 spiro atoms. The Balaban J connectivity index is 2.57. The molecule has 0 saturated carbocycles. The van der Waals surface area contributed by atoms with Crippen LogP contribution in [0.1, 0.15) is 18.1 Å². The fraction of sp³-hybridized carbons (Fsp3) is 0.250. The third kappa shape index (κ3) is 4.54. The fourth-order valence-electron chi connectivity index (χ4n) is 1.06. The lowest BCUT2D eigenvalue weighted by atomic mass is 10.1. The average Bonchev–Trinajstić information content (AvgIpc) is 2.18. The van der Waals surface area contributed by atoms with Crippen molar-refractivity contribution in [1.82, 2.24) is 0 Å². The molecule has 0 aromatic heterocycles. The van der Waals surface area contributed by atoms with Crippen molar-refractivity contribution < 1.29 is 4.79 Å². The Hall–Kier alpha value is -0.730. The summed E-state index contributed by atoms with van der Waals surface area (Å²) in [4.78, 5) is 10.7. The Morgan fingerprint density at radius 1 is 1.53 bits per heavy atom. The zero-order chi connectivity index (χ0) is 11.3. The van der Waals surface area contributed by atoms with Crippen LogP contribution in [-0.2, 0) is 4.79 Å². The first kappa shape index (κ1) is 12.3. The van der Waals surface area contributed by atoms with Gasteiger partial charge in [0.25, 0.3) is 0 Å². The first-order valence-corrected chi connectivity index (χ1v) is 6.02. The van der Waals surface area contributed by atoms with E-state index in [1.54, 1.807) is 6.92 Å². The number of rotatable bonds is 3. The largest absolute Gasteiger partial charge is 0.288 e. The Bertz CT molecular complexity index is 385. The van der Waals surface area contributed by atoms with Crippen molar-refractivity contribution in [1.29, 1.82) is 0 Å². The number of halogens is 1. The monoisotopic (exact) mass is 240 g/mol. The first-order valence-electron chi connectivity index (χ1n) is 4.65. The molecule has 3 heteroatoms. The van der Waals surface area contributed by atoms with Crippen molar-refractivity contribution in [3.8, 4) is 0 Å². The van der Waals surface area contributed by atoms with Crippen LogP contribution < -0.4 is 0 Å². The van der Waals surface area contributed by atoms with Crippen LogP contribution in [0.3, 0.4) is 0 Å².